The Balaban J connectivity index is 1.67. The molecule has 2 aromatic carbocycles. The van der Waals surface area contributed by atoms with Gasteiger partial charge in [0.1, 0.15) is 0 Å². The first-order valence-electron chi connectivity index (χ1n) is 10.5. The Hall–Kier alpha value is -2.84. The molecule has 0 unspecified atom stereocenters. The van der Waals surface area contributed by atoms with Gasteiger partial charge in [-0.3, -0.25) is 14.4 Å². The first-order valence-corrected chi connectivity index (χ1v) is 11.9. The minimum Gasteiger partial charge on any atom is -0.333 e. The number of ketones is 2. The third-order valence-electron chi connectivity index (χ3n) is 5.61. The van der Waals surface area contributed by atoms with Crippen LogP contribution >= 0.6 is 0 Å². The summed E-state index contributed by atoms with van der Waals surface area (Å²) in [5, 5.41) is 0. The van der Waals surface area contributed by atoms with Crippen LogP contribution in [0.3, 0.4) is 0 Å². The van der Waals surface area contributed by atoms with Gasteiger partial charge in [0.05, 0.1) is 4.90 Å². The summed E-state index contributed by atoms with van der Waals surface area (Å²) in [7, 11) is -3.80. The fourth-order valence-corrected chi connectivity index (χ4v) is 5.01. The lowest BCUT2D eigenvalue weighted by atomic mass is 9.86. The molecular weight excluding hydrogens is 428 g/mol. The van der Waals surface area contributed by atoms with Gasteiger partial charge >= 0.3 is 0 Å². The van der Waals surface area contributed by atoms with Crippen LogP contribution in [0.5, 0.6) is 0 Å². The Kier molecular flexibility index (Phi) is 6.67. The predicted molar refractivity (Wildman–Crippen MR) is 121 cm³/mol. The molecule has 8 heteroatoms. The van der Waals surface area contributed by atoms with Crippen LogP contribution in [0.2, 0.25) is 0 Å². The molecule has 3 rings (SSSR count). The van der Waals surface area contributed by atoms with Crippen LogP contribution in [-0.4, -0.2) is 61.3 Å². The van der Waals surface area contributed by atoms with E-state index in [1.54, 1.807) is 18.2 Å². The van der Waals surface area contributed by atoms with Crippen LogP contribution in [0.1, 0.15) is 54.0 Å². The summed E-state index contributed by atoms with van der Waals surface area (Å²) in [6.45, 7) is 7.98. The standard InChI is InChI=1S/C24H28N2O5S/c1-17(27)19-6-5-7-21(16-19)32(30,31)26-14-12-25(13-15-26)23(29)22(28)18-8-10-20(11-9-18)24(2,3)4/h5-11,16H,12-15H2,1-4H3. The van der Waals surface area contributed by atoms with Crippen LogP contribution in [0.4, 0.5) is 0 Å². The Morgan fingerprint density at radius 2 is 1.44 bits per heavy atom. The second-order valence-corrected chi connectivity index (χ2v) is 10.9. The predicted octanol–water partition coefficient (Wildman–Crippen LogP) is 2.90. The summed E-state index contributed by atoms with van der Waals surface area (Å²) in [4.78, 5) is 38.4. The maximum absolute atomic E-state index is 13.0. The maximum Gasteiger partial charge on any atom is 0.295 e. The van der Waals surface area contributed by atoms with Crippen LogP contribution in [0, 0.1) is 0 Å². The van der Waals surface area contributed by atoms with Gasteiger partial charge in [-0.1, -0.05) is 57.2 Å². The largest absolute Gasteiger partial charge is 0.333 e. The highest BCUT2D eigenvalue weighted by Gasteiger charge is 2.32. The number of carbonyl (C=O) groups excluding carboxylic acids is 3. The molecule has 0 spiro atoms. The molecule has 0 atom stereocenters. The Labute approximate surface area is 189 Å². The lowest BCUT2D eigenvalue weighted by Crippen LogP contribution is -2.52. The zero-order valence-corrected chi connectivity index (χ0v) is 19.6. The summed E-state index contributed by atoms with van der Waals surface area (Å²) >= 11 is 0. The molecule has 0 N–H and O–H groups in total. The highest BCUT2D eigenvalue weighted by molar-refractivity contribution is 7.89. The van der Waals surface area contributed by atoms with Crippen molar-refractivity contribution in [1.29, 1.82) is 0 Å². The van der Waals surface area contributed by atoms with Gasteiger partial charge in [0.15, 0.2) is 5.78 Å². The molecule has 1 aliphatic heterocycles. The molecule has 0 saturated carbocycles. The summed E-state index contributed by atoms with van der Waals surface area (Å²) < 4.78 is 27.2. The van der Waals surface area contributed by atoms with Crippen molar-refractivity contribution in [1.82, 2.24) is 9.21 Å². The van der Waals surface area contributed by atoms with Crippen molar-refractivity contribution >= 4 is 27.5 Å². The van der Waals surface area contributed by atoms with Crippen LogP contribution in [0.25, 0.3) is 0 Å². The first-order chi connectivity index (χ1) is 14.9. The SMILES string of the molecule is CC(=O)c1cccc(S(=O)(=O)N2CCN(C(=O)C(=O)c3ccc(C(C)(C)C)cc3)CC2)c1. The maximum atomic E-state index is 13.0. The highest BCUT2D eigenvalue weighted by Crippen LogP contribution is 2.23. The number of hydrogen-bond acceptors (Lipinski definition) is 5. The Morgan fingerprint density at radius 3 is 1.97 bits per heavy atom. The minimum absolute atomic E-state index is 0.0417. The van der Waals surface area contributed by atoms with Gasteiger partial charge in [0.25, 0.3) is 5.91 Å². The second-order valence-electron chi connectivity index (χ2n) is 8.94. The first kappa shape index (κ1) is 23.8. The van der Waals surface area contributed by atoms with E-state index in [4.69, 9.17) is 0 Å². The molecule has 1 amide bonds. The topological polar surface area (TPSA) is 91.8 Å². The summed E-state index contributed by atoms with van der Waals surface area (Å²) in [5.41, 5.74) is 1.65. The van der Waals surface area contributed by atoms with Crippen molar-refractivity contribution in [3.05, 3.63) is 65.2 Å². The summed E-state index contributed by atoms with van der Waals surface area (Å²) in [6.07, 6.45) is 0. The molecule has 0 bridgehead atoms. The number of benzene rings is 2. The van der Waals surface area contributed by atoms with E-state index in [0.717, 1.165) is 5.56 Å². The third kappa shape index (κ3) is 4.97. The molecule has 0 aliphatic carbocycles. The molecule has 1 heterocycles. The van der Waals surface area contributed by atoms with Crippen molar-refractivity contribution in [3.63, 3.8) is 0 Å². The monoisotopic (exact) mass is 456 g/mol. The number of hydrogen-bond donors (Lipinski definition) is 0. The van der Waals surface area contributed by atoms with Gasteiger partial charge in [0.2, 0.25) is 15.8 Å². The smallest absolute Gasteiger partial charge is 0.295 e. The Bertz CT molecular complexity index is 1140. The molecule has 0 aromatic heterocycles. The number of rotatable bonds is 5. The zero-order chi connectivity index (χ0) is 23.7. The molecule has 170 valence electrons. The van der Waals surface area contributed by atoms with Crippen molar-refractivity contribution < 1.29 is 22.8 Å². The van der Waals surface area contributed by atoms with Crippen molar-refractivity contribution in [2.24, 2.45) is 0 Å². The van der Waals surface area contributed by atoms with Gasteiger partial charge in [-0.2, -0.15) is 4.31 Å². The van der Waals surface area contributed by atoms with Crippen molar-refractivity contribution in [2.75, 3.05) is 26.2 Å². The highest BCUT2D eigenvalue weighted by atomic mass is 32.2. The van der Waals surface area contributed by atoms with E-state index in [2.05, 4.69) is 20.8 Å². The van der Waals surface area contributed by atoms with E-state index in [0.29, 0.717) is 11.1 Å². The minimum atomic E-state index is -3.80. The van der Waals surface area contributed by atoms with Crippen molar-refractivity contribution in [3.8, 4) is 0 Å². The van der Waals surface area contributed by atoms with Crippen LogP contribution < -0.4 is 0 Å². The fraction of sp³-hybridized carbons (Fsp3) is 0.375. The average Bonchev–Trinajstić information content (AvgIpc) is 2.77. The molecule has 7 nitrogen and oxygen atoms in total. The molecule has 32 heavy (non-hydrogen) atoms. The normalized spacial score (nSPS) is 15.4. The van der Waals surface area contributed by atoms with E-state index < -0.39 is 21.7 Å². The van der Waals surface area contributed by atoms with Crippen molar-refractivity contribution in [2.45, 2.75) is 38.0 Å². The fourth-order valence-electron chi connectivity index (χ4n) is 3.54. The average molecular weight is 457 g/mol. The van der Waals surface area contributed by atoms with Crippen LogP contribution in [0.15, 0.2) is 53.4 Å². The third-order valence-corrected chi connectivity index (χ3v) is 7.51. The molecular formula is C24H28N2O5S. The molecule has 0 radical (unpaired) electrons. The number of piperazine rings is 1. The van der Waals surface area contributed by atoms with Gasteiger partial charge < -0.3 is 4.90 Å². The number of Topliss-reactive ketones (excluding diaryl/α,β-unsaturated/α-hetero) is 2. The van der Waals surface area contributed by atoms with Gasteiger partial charge in [-0.15, -0.1) is 0 Å². The summed E-state index contributed by atoms with van der Waals surface area (Å²) in [6, 6.07) is 12.9. The number of sulfonamides is 1. The zero-order valence-electron chi connectivity index (χ0n) is 18.8. The lowest BCUT2D eigenvalue weighted by molar-refractivity contribution is -0.127. The van der Waals surface area contributed by atoms with Gasteiger partial charge in [0, 0.05) is 37.3 Å². The van der Waals surface area contributed by atoms with E-state index >= 15 is 0 Å². The number of amides is 1. The van der Waals surface area contributed by atoms with E-state index in [1.807, 2.05) is 12.1 Å². The molecule has 2 aromatic rings. The van der Waals surface area contributed by atoms with E-state index in [-0.39, 0.29) is 42.3 Å². The number of nitrogens with zero attached hydrogens (tertiary/aromatic N) is 2. The number of carbonyl (C=O) groups is 3. The van der Waals surface area contributed by atoms with Crippen LogP contribution in [-0.2, 0) is 20.2 Å². The molecule has 1 aliphatic rings. The second kappa shape index (κ2) is 8.96. The van der Waals surface area contributed by atoms with Gasteiger partial charge in [-0.05, 0) is 30.0 Å². The molecule has 1 fully saturated rings. The quantitative estimate of drug-likeness (QED) is 0.510. The lowest BCUT2D eigenvalue weighted by Gasteiger charge is -2.33. The van der Waals surface area contributed by atoms with Gasteiger partial charge in [-0.25, -0.2) is 8.42 Å². The van der Waals surface area contributed by atoms with E-state index in [9.17, 15) is 22.8 Å². The Morgan fingerprint density at radius 1 is 0.844 bits per heavy atom. The molecule has 1 saturated heterocycles. The summed E-state index contributed by atoms with van der Waals surface area (Å²) in [5.74, 6) is -1.45. The van der Waals surface area contributed by atoms with E-state index in [1.165, 1.54) is 34.3 Å².